The molecule has 14 heteroatoms. The van der Waals surface area contributed by atoms with Crippen molar-refractivity contribution in [3.63, 3.8) is 0 Å². The van der Waals surface area contributed by atoms with Crippen molar-refractivity contribution >= 4 is 78.1 Å². The van der Waals surface area contributed by atoms with Gasteiger partial charge in [-0.25, -0.2) is 9.78 Å². The van der Waals surface area contributed by atoms with Crippen LogP contribution in [0.1, 0.15) is 54.7 Å². The van der Waals surface area contributed by atoms with Crippen molar-refractivity contribution in [3.8, 4) is 11.3 Å². The minimum atomic E-state index is -0.674. The molecular formula is C45H49N9O4S. The van der Waals surface area contributed by atoms with Gasteiger partial charge in [0, 0.05) is 97.7 Å². The number of benzene rings is 3. The summed E-state index contributed by atoms with van der Waals surface area (Å²) >= 11 is 1.53. The summed E-state index contributed by atoms with van der Waals surface area (Å²) in [6, 6.07) is 22.7. The lowest BCUT2D eigenvalue weighted by Gasteiger charge is -2.38. The van der Waals surface area contributed by atoms with E-state index in [-0.39, 0.29) is 30.0 Å². The molecule has 0 spiro atoms. The van der Waals surface area contributed by atoms with Crippen LogP contribution in [0.5, 0.6) is 0 Å². The minimum Gasteiger partial charge on any atom is -0.381 e. The van der Waals surface area contributed by atoms with Crippen molar-refractivity contribution in [1.29, 1.82) is 0 Å². The summed E-state index contributed by atoms with van der Waals surface area (Å²) < 4.78 is 4.25. The smallest absolute Gasteiger partial charge is 0.329 e. The number of carbonyl (C=O) groups is 3. The highest BCUT2D eigenvalue weighted by atomic mass is 32.1. The minimum absolute atomic E-state index is 0.0154. The molecule has 0 radical (unpaired) electrons. The maximum Gasteiger partial charge on any atom is 0.329 e. The molecule has 1 unspecified atom stereocenters. The molecule has 0 saturated carbocycles. The molecule has 13 nitrogen and oxygen atoms in total. The van der Waals surface area contributed by atoms with Gasteiger partial charge in [-0.1, -0.05) is 12.1 Å². The van der Waals surface area contributed by atoms with Gasteiger partial charge in [0.05, 0.1) is 27.9 Å². The number of aryl methyl sites for hydroxylation is 1. The number of aromatic nitrogens is 3. The number of piperidine rings is 2. The Hall–Kier alpha value is -5.73. The van der Waals surface area contributed by atoms with E-state index in [4.69, 9.17) is 4.98 Å². The third-order valence-corrected chi connectivity index (χ3v) is 14.2. The SMILES string of the molecule is C[C@@H]1CNc2c(sc3ccc4nc(-c5ccc(N6CCN(CCC7CCN(c8ccc9c(c8)n(C)c(=O)n9C8CCC(=O)NC8=O)CC7)CC6)cc5)ccc4c23)C(=O)N1. The molecule has 4 aliphatic heterocycles. The van der Waals surface area contributed by atoms with Gasteiger partial charge in [0.2, 0.25) is 11.8 Å². The van der Waals surface area contributed by atoms with Gasteiger partial charge in [-0.05, 0) is 99.7 Å². The number of hydrogen-bond acceptors (Lipinski definition) is 10. The van der Waals surface area contributed by atoms with Crippen molar-refractivity contribution in [3.05, 3.63) is 82.1 Å². The standard InChI is InChI=1S/C45H49N9O4S/c1-27-26-46-41-40-32-8-9-33(48-34(32)10-13-38(40)59-42(41)44(57)47-27)29-3-5-30(6-4-29)53-23-21-51(22-24-53)18-15-28-16-19-52(20-17-28)31-7-11-35-37(25-31)50(2)45(58)54(35)36-12-14-39(55)49-43(36)56/h3-11,13,25,27-28,36,46H,12,14-24,26H2,1-2H3,(H,47,57)(H,49,55,56)/t27-,36?/m1/s1. The molecule has 0 aliphatic carbocycles. The Labute approximate surface area is 346 Å². The predicted molar refractivity (Wildman–Crippen MR) is 235 cm³/mol. The van der Waals surface area contributed by atoms with E-state index in [1.165, 1.54) is 23.4 Å². The monoisotopic (exact) mass is 811 g/mol. The number of imidazole rings is 1. The molecular weight excluding hydrogens is 763 g/mol. The van der Waals surface area contributed by atoms with E-state index in [0.29, 0.717) is 18.9 Å². The van der Waals surface area contributed by atoms with Crippen molar-refractivity contribution in [2.24, 2.45) is 13.0 Å². The van der Waals surface area contributed by atoms with Crippen LogP contribution in [0, 0.1) is 5.92 Å². The Bertz CT molecular complexity index is 2690. The van der Waals surface area contributed by atoms with Gasteiger partial charge >= 0.3 is 5.69 Å². The third kappa shape index (κ3) is 6.91. The van der Waals surface area contributed by atoms with Crippen molar-refractivity contribution < 1.29 is 14.4 Å². The molecule has 3 aromatic carbocycles. The normalized spacial score (nSPS) is 20.8. The molecule has 7 heterocycles. The van der Waals surface area contributed by atoms with E-state index >= 15 is 0 Å². The number of anilines is 3. The van der Waals surface area contributed by atoms with Crippen molar-refractivity contribution in [2.75, 3.05) is 67.5 Å². The first-order chi connectivity index (χ1) is 28.7. The molecule has 59 heavy (non-hydrogen) atoms. The molecule has 304 valence electrons. The quantitative estimate of drug-likeness (QED) is 0.173. The Morgan fingerprint density at radius 2 is 1.58 bits per heavy atom. The number of amides is 3. The van der Waals surface area contributed by atoms with Crippen molar-refractivity contribution in [1.82, 2.24) is 29.7 Å². The van der Waals surface area contributed by atoms with Crippen LogP contribution in [-0.4, -0.2) is 95.1 Å². The van der Waals surface area contributed by atoms with Crippen LogP contribution in [0.4, 0.5) is 17.1 Å². The van der Waals surface area contributed by atoms with Gasteiger partial charge in [0.1, 0.15) is 10.9 Å². The lowest BCUT2D eigenvalue weighted by atomic mass is 9.93. The Morgan fingerprint density at radius 3 is 2.36 bits per heavy atom. The number of rotatable bonds is 7. The number of thiophene rings is 1. The number of carbonyl (C=O) groups excluding carboxylic acids is 3. The first kappa shape index (κ1) is 37.5. The molecule has 3 N–H and O–H groups in total. The number of piperazine rings is 1. The fourth-order valence-corrected chi connectivity index (χ4v) is 10.7. The topological polar surface area (TPSA) is 137 Å². The highest BCUT2D eigenvalue weighted by Gasteiger charge is 2.32. The maximum absolute atomic E-state index is 13.2. The molecule has 2 atom stereocenters. The van der Waals surface area contributed by atoms with E-state index < -0.39 is 11.9 Å². The van der Waals surface area contributed by atoms with Gasteiger partial charge in [-0.15, -0.1) is 11.3 Å². The summed E-state index contributed by atoms with van der Waals surface area (Å²) in [4.78, 5) is 63.7. The highest BCUT2D eigenvalue weighted by molar-refractivity contribution is 7.21. The van der Waals surface area contributed by atoms with Gasteiger partial charge in [0.25, 0.3) is 5.91 Å². The zero-order chi connectivity index (χ0) is 40.4. The maximum atomic E-state index is 13.2. The lowest BCUT2D eigenvalue weighted by molar-refractivity contribution is -0.135. The van der Waals surface area contributed by atoms with Crippen LogP contribution in [0.2, 0.25) is 0 Å². The van der Waals surface area contributed by atoms with Gasteiger partial charge in [-0.2, -0.15) is 0 Å². The van der Waals surface area contributed by atoms with E-state index in [1.54, 1.807) is 16.2 Å². The van der Waals surface area contributed by atoms with Gasteiger partial charge in [0.15, 0.2) is 0 Å². The Morgan fingerprint density at radius 1 is 0.814 bits per heavy atom. The van der Waals surface area contributed by atoms with Crippen LogP contribution < -0.4 is 31.4 Å². The summed E-state index contributed by atoms with van der Waals surface area (Å²) in [6.07, 6.45) is 4.05. The Kier molecular flexibility index (Phi) is 9.63. The van der Waals surface area contributed by atoms with E-state index in [0.717, 1.165) is 118 Å². The second kappa shape index (κ2) is 15.1. The average molecular weight is 812 g/mol. The molecule has 3 saturated heterocycles. The zero-order valence-corrected chi connectivity index (χ0v) is 34.3. The highest BCUT2D eigenvalue weighted by Crippen LogP contribution is 2.41. The number of nitrogens with zero attached hydrogens (tertiary/aromatic N) is 6. The van der Waals surface area contributed by atoms with Crippen LogP contribution in [0.25, 0.3) is 43.3 Å². The molecule has 4 aliphatic rings. The molecule has 10 rings (SSSR count). The van der Waals surface area contributed by atoms with E-state index in [2.05, 4.69) is 91.3 Å². The van der Waals surface area contributed by atoms with Crippen LogP contribution >= 0.6 is 11.3 Å². The lowest BCUT2D eigenvalue weighted by Crippen LogP contribution is -2.47. The number of hydrogen-bond donors (Lipinski definition) is 3. The fourth-order valence-electron chi connectivity index (χ4n) is 9.58. The third-order valence-electron chi connectivity index (χ3n) is 13.0. The largest absolute Gasteiger partial charge is 0.381 e. The van der Waals surface area contributed by atoms with E-state index in [9.17, 15) is 19.2 Å². The summed E-state index contributed by atoms with van der Waals surface area (Å²) in [7, 11) is 1.75. The second-order valence-electron chi connectivity index (χ2n) is 16.7. The Balaban J connectivity index is 0.720. The molecule has 6 aromatic rings. The average Bonchev–Trinajstić information content (AvgIpc) is 3.71. The summed E-state index contributed by atoms with van der Waals surface area (Å²) in [5.74, 6) is -0.0225. The molecule has 3 aromatic heterocycles. The zero-order valence-electron chi connectivity index (χ0n) is 33.5. The van der Waals surface area contributed by atoms with Crippen LogP contribution in [-0.2, 0) is 16.6 Å². The first-order valence-corrected chi connectivity index (χ1v) is 21.8. The van der Waals surface area contributed by atoms with E-state index in [1.807, 2.05) is 13.0 Å². The summed E-state index contributed by atoms with van der Waals surface area (Å²) in [5.41, 5.74) is 7.51. The number of fused-ring (bicyclic) bond motifs is 6. The fraction of sp³-hybridized carbons (Fsp3) is 0.400. The number of nitrogens with one attached hydrogen (secondary N) is 3. The molecule has 3 fully saturated rings. The molecule has 0 bridgehead atoms. The van der Waals surface area contributed by atoms with Crippen molar-refractivity contribution in [2.45, 2.75) is 51.1 Å². The summed E-state index contributed by atoms with van der Waals surface area (Å²) in [5, 5.41) is 11.1. The predicted octanol–water partition coefficient (Wildman–Crippen LogP) is 5.72. The number of pyridine rings is 1. The van der Waals surface area contributed by atoms with Crippen LogP contribution in [0.3, 0.4) is 0 Å². The summed E-state index contributed by atoms with van der Waals surface area (Å²) in [6.45, 7) is 9.91. The van der Waals surface area contributed by atoms with Crippen LogP contribution in [0.15, 0.2) is 71.5 Å². The number of imide groups is 1. The second-order valence-corrected chi connectivity index (χ2v) is 17.8. The molecule has 3 amide bonds. The van der Waals surface area contributed by atoms with Gasteiger partial charge < -0.3 is 20.4 Å². The van der Waals surface area contributed by atoms with Gasteiger partial charge in [-0.3, -0.25) is 33.7 Å². The first-order valence-electron chi connectivity index (χ1n) is 21.0.